The predicted octanol–water partition coefficient (Wildman–Crippen LogP) is 2.14. The molecular formula is C18H33N3O. The van der Waals surface area contributed by atoms with E-state index in [9.17, 15) is 4.79 Å². The van der Waals surface area contributed by atoms with E-state index in [1.54, 1.807) is 0 Å². The maximum atomic E-state index is 12.5. The summed E-state index contributed by atoms with van der Waals surface area (Å²) in [7, 11) is 0. The number of carbonyl (C=O) groups is 1. The first-order valence-corrected chi connectivity index (χ1v) is 9.40. The number of fused-ring (bicyclic) bond motifs is 1. The van der Waals surface area contributed by atoms with Crippen molar-refractivity contribution in [3.63, 3.8) is 0 Å². The summed E-state index contributed by atoms with van der Waals surface area (Å²) >= 11 is 0. The van der Waals surface area contributed by atoms with Gasteiger partial charge in [-0.15, -0.1) is 0 Å². The van der Waals surface area contributed by atoms with Crippen LogP contribution >= 0.6 is 0 Å². The van der Waals surface area contributed by atoms with Gasteiger partial charge in [0.1, 0.15) is 0 Å². The fraction of sp³-hybridized carbons (Fsp3) is 0.944. The molecule has 4 heteroatoms. The molecule has 1 saturated carbocycles. The number of piperidine rings is 1. The van der Waals surface area contributed by atoms with Crippen molar-refractivity contribution in [1.29, 1.82) is 0 Å². The number of hydrogen-bond donors (Lipinski definition) is 2. The van der Waals surface area contributed by atoms with Crippen molar-refractivity contribution >= 4 is 5.91 Å². The zero-order valence-corrected chi connectivity index (χ0v) is 14.3. The van der Waals surface area contributed by atoms with Crippen LogP contribution in [0.15, 0.2) is 0 Å². The molecule has 2 heterocycles. The highest BCUT2D eigenvalue weighted by Gasteiger charge is 2.38. The average Bonchev–Trinajstić information content (AvgIpc) is 2.93. The summed E-state index contributed by atoms with van der Waals surface area (Å²) in [4.78, 5) is 15.1. The topological polar surface area (TPSA) is 44.4 Å². The van der Waals surface area contributed by atoms with Crippen LogP contribution in [0, 0.1) is 11.8 Å². The van der Waals surface area contributed by atoms with E-state index in [-0.39, 0.29) is 11.9 Å². The van der Waals surface area contributed by atoms with E-state index < -0.39 is 0 Å². The Balaban J connectivity index is 1.41. The van der Waals surface area contributed by atoms with Gasteiger partial charge in [-0.2, -0.15) is 0 Å². The van der Waals surface area contributed by atoms with Gasteiger partial charge in [0.25, 0.3) is 0 Å². The average molecular weight is 307 g/mol. The largest absolute Gasteiger partial charge is 0.352 e. The Bertz CT molecular complexity index is 363. The number of likely N-dealkylation sites (tertiary alicyclic amines) is 1. The molecular weight excluding hydrogens is 274 g/mol. The van der Waals surface area contributed by atoms with E-state index >= 15 is 0 Å². The molecule has 3 fully saturated rings. The Morgan fingerprint density at radius 2 is 1.91 bits per heavy atom. The van der Waals surface area contributed by atoms with Gasteiger partial charge in [-0.1, -0.05) is 26.7 Å². The Morgan fingerprint density at radius 1 is 1.18 bits per heavy atom. The van der Waals surface area contributed by atoms with E-state index in [0.717, 1.165) is 44.2 Å². The van der Waals surface area contributed by atoms with E-state index in [4.69, 9.17) is 0 Å². The molecule has 0 spiro atoms. The molecule has 3 unspecified atom stereocenters. The minimum absolute atomic E-state index is 0.0711. The number of nitrogens with one attached hydrogen (secondary N) is 2. The number of rotatable bonds is 4. The standard InChI is InChI=1S/C18H33N3O/c1-13(2)12-21-9-7-15(8-10-21)19-18(22)17-11-14-5-3-4-6-16(14)20-17/h13-17,20H,3-12H2,1-2H3,(H,19,22). The van der Waals surface area contributed by atoms with Gasteiger partial charge in [0.15, 0.2) is 0 Å². The minimum Gasteiger partial charge on any atom is -0.352 e. The monoisotopic (exact) mass is 307 g/mol. The molecule has 0 radical (unpaired) electrons. The molecule has 2 saturated heterocycles. The maximum absolute atomic E-state index is 12.5. The molecule has 0 aromatic carbocycles. The van der Waals surface area contributed by atoms with Crippen molar-refractivity contribution in [2.45, 2.75) is 76.9 Å². The molecule has 2 N–H and O–H groups in total. The lowest BCUT2D eigenvalue weighted by Gasteiger charge is -2.33. The molecule has 0 aromatic heterocycles. The third-order valence-corrected chi connectivity index (χ3v) is 5.74. The summed E-state index contributed by atoms with van der Waals surface area (Å²) in [5.41, 5.74) is 0. The third-order valence-electron chi connectivity index (χ3n) is 5.74. The summed E-state index contributed by atoms with van der Waals surface area (Å²) in [6, 6.07) is 1.07. The summed E-state index contributed by atoms with van der Waals surface area (Å²) < 4.78 is 0. The summed E-state index contributed by atoms with van der Waals surface area (Å²) in [6.45, 7) is 8.01. The number of carbonyl (C=O) groups excluding carboxylic acids is 1. The first-order chi connectivity index (χ1) is 10.6. The molecule has 0 bridgehead atoms. The van der Waals surface area contributed by atoms with Crippen LogP contribution in [0.1, 0.15) is 58.8 Å². The van der Waals surface area contributed by atoms with Crippen molar-refractivity contribution < 1.29 is 4.79 Å². The SMILES string of the molecule is CC(C)CN1CCC(NC(=O)C2CC3CCCCC3N2)CC1. The van der Waals surface area contributed by atoms with Crippen molar-refractivity contribution in [3.8, 4) is 0 Å². The fourth-order valence-corrected chi connectivity index (χ4v) is 4.60. The quantitative estimate of drug-likeness (QED) is 0.836. The van der Waals surface area contributed by atoms with E-state index in [1.165, 1.54) is 32.2 Å². The van der Waals surface area contributed by atoms with Gasteiger partial charge in [0.2, 0.25) is 5.91 Å². The Morgan fingerprint density at radius 3 is 2.59 bits per heavy atom. The van der Waals surface area contributed by atoms with E-state index in [0.29, 0.717) is 12.1 Å². The van der Waals surface area contributed by atoms with Crippen LogP contribution in [-0.2, 0) is 4.79 Å². The molecule has 3 rings (SSSR count). The maximum Gasteiger partial charge on any atom is 0.237 e. The van der Waals surface area contributed by atoms with Crippen LogP contribution in [-0.4, -0.2) is 48.6 Å². The van der Waals surface area contributed by atoms with Gasteiger partial charge in [0, 0.05) is 31.7 Å². The second-order valence-corrected chi connectivity index (χ2v) is 8.08. The second-order valence-electron chi connectivity index (χ2n) is 8.08. The Labute approximate surface area is 135 Å². The van der Waals surface area contributed by atoms with E-state index in [2.05, 4.69) is 29.4 Å². The van der Waals surface area contributed by atoms with Crippen LogP contribution in [0.4, 0.5) is 0 Å². The smallest absolute Gasteiger partial charge is 0.237 e. The van der Waals surface area contributed by atoms with Crippen molar-refractivity contribution in [1.82, 2.24) is 15.5 Å². The van der Waals surface area contributed by atoms with Crippen LogP contribution < -0.4 is 10.6 Å². The molecule has 2 aliphatic heterocycles. The number of hydrogen-bond acceptors (Lipinski definition) is 3. The normalized spacial score (nSPS) is 33.9. The minimum atomic E-state index is 0.0711. The first-order valence-electron chi connectivity index (χ1n) is 9.40. The van der Waals surface area contributed by atoms with Gasteiger partial charge < -0.3 is 15.5 Å². The zero-order valence-electron chi connectivity index (χ0n) is 14.3. The Kier molecular flexibility index (Phi) is 5.40. The van der Waals surface area contributed by atoms with Crippen LogP contribution in [0.25, 0.3) is 0 Å². The highest BCUT2D eigenvalue weighted by molar-refractivity contribution is 5.82. The molecule has 0 aromatic rings. The second kappa shape index (κ2) is 7.31. The Hall–Kier alpha value is -0.610. The van der Waals surface area contributed by atoms with Gasteiger partial charge >= 0.3 is 0 Å². The number of nitrogens with zero attached hydrogens (tertiary/aromatic N) is 1. The first kappa shape index (κ1) is 16.3. The van der Waals surface area contributed by atoms with E-state index in [1.807, 2.05) is 0 Å². The van der Waals surface area contributed by atoms with Gasteiger partial charge in [-0.3, -0.25) is 4.79 Å². The predicted molar refractivity (Wildman–Crippen MR) is 89.7 cm³/mol. The molecule has 1 amide bonds. The van der Waals surface area contributed by atoms with Crippen LogP contribution in [0.5, 0.6) is 0 Å². The van der Waals surface area contributed by atoms with Gasteiger partial charge in [-0.25, -0.2) is 0 Å². The molecule has 126 valence electrons. The summed E-state index contributed by atoms with van der Waals surface area (Å²) in [5, 5.41) is 6.91. The lowest BCUT2D eigenvalue weighted by Crippen LogP contribution is -2.50. The summed E-state index contributed by atoms with van der Waals surface area (Å²) in [6.07, 6.45) is 8.54. The molecule has 1 aliphatic carbocycles. The highest BCUT2D eigenvalue weighted by Crippen LogP contribution is 2.33. The lowest BCUT2D eigenvalue weighted by atomic mass is 9.85. The van der Waals surface area contributed by atoms with Crippen LogP contribution in [0.3, 0.4) is 0 Å². The van der Waals surface area contributed by atoms with Crippen molar-refractivity contribution in [2.24, 2.45) is 11.8 Å². The fourth-order valence-electron chi connectivity index (χ4n) is 4.60. The van der Waals surface area contributed by atoms with Gasteiger partial charge in [0.05, 0.1) is 6.04 Å². The molecule has 4 nitrogen and oxygen atoms in total. The van der Waals surface area contributed by atoms with Crippen molar-refractivity contribution in [3.05, 3.63) is 0 Å². The summed E-state index contributed by atoms with van der Waals surface area (Å²) in [5.74, 6) is 1.74. The number of amides is 1. The van der Waals surface area contributed by atoms with Crippen molar-refractivity contribution in [2.75, 3.05) is 19.6 Å². The van der Waals surface area contributed by atoms with Gasteiger partial charge in [-0.05, 0) is 43.9 Å². The molecule has 22 heavy (non-hydrogen) atoms. The zero-order chi connectivity index (χ0) is 15.5. The molecule has 3 atom stereocenters. The third kappa shape index (κ3) is 4.02. The molecule has 3 aliphatic rings. The lowest BCUT2D eigenvalue weighted by molar-refractivity contribution is -0.123. The van der Waals surface area contributed by atoms with Crippen LogP contribution in [0.2, 0.25) is 0 Å². The highest BCUT2D eigenvalue weighted by atomic mass is 16.2.